The topological polar surface area (TPSA) is 184 Å². The van der Waals surface area contributed by atoms with Gasteiger partial charge in [-0.05, 0) is 0 Å². The van der Waals surface area contributed by atoms with Crippen LogP contribution in [0.25, 0.3) is 0 Å². The molecule has 0 bridgehead atoms. The Morgan fingerprint density at radius 1 is 0.632 bits per heavy atom. The average Bonchev–Trinajstić information content (AvgIpc) is 2.12. The first-order chi connectivity index (χ1) is 7.83. The van der Waals surface area contributed by atoms with E-state index in [0.717, 1.165) is 12.8 Å². The molecule has 0 N–H and O–H groups in total. The van der Waals surface area contributed by atoms with Crippen LogP contribution in [0.2, 0.25) is 0 Å². The van der Waals surface area contributed by atoms with E-state index in [1.807, 2.05) is 0 Å². The molecular weight excluding hydrogens is 414 g/mol. The van der Waals surface area contributed by atoms with Gasteiger partial charge in [-0.3, -0.25) is 0 Å². The van der Waals surface area contributed by atoms with E-state index in [9.17, 15) is 0 Å². The van der Waals surface area contributed by atoms with Crippen molar-refractivity contribution >= 4 is 23.9 Å². The second-order valence-corrected chi connectivity index (χ2v) is 3.97. The largest absolute Gasteiger partial charge is 2.00 e. The van der Waals surface area contributed by atoms with E-state index in [2.05, 4.69) is 27.7 Å². The molecule has 116 valence electrons. The second kappa shape index (κ2) is 21.4. The summed E-state index contributed by atoms with van der Waals surface area (Å²) in [4.78, 5) is 0. The van der Waals surface area contributed by atoms with Crippen LogP contribution in [0.3, 0.4) is 0 Å². The van der Waals surface area contributed by atoms with E-state index >= 15 is 0 Å². The Labute approximate surface area is 135 Å². The Bertz CT molecular complexity index is 108. The minimum absolute atomic E-state index is 0. The zero-order valence-corrected chi connectivity index (χ0v) is 15.1. The molecule has 19 heavy (non-hydrogen) atoms. The number of hydrogen-bond acceptors (Lipinski definition) is 8. The number of halogens is 2. The maximum atomic E-state index is 8.49. The molecule has 0 heterocycles. The van der Waals surface area contributed by atoms with Crippen molar-refractivity contribution in [3.05, 3.63) is 13.8 Å². The van der Waals surface area contributed by atoms with Crippen LogP contribution >= 0.6 is 0 Å². The van der Waals surface area contributed by atoms with Gasteiger partial charge in [-0.1, -0.05) is 53.4 Å². The fraction of sp³-hybridized carbons (Fsp3) is 0.750. The maximum Gasteiger partial charge on any atom is 2.00 e. The van der Waals surface area contributed by atoms with Crippen LogP contribution in [-0.4, -0.2) is 23.9 Å². The molecule has 0 unspecified atom stereocenters. The fourth-order valence-corrected chi connectivity index (χ4v) is 0. The minimum atomic E-state index is -4.94. The Balaban J connectivity index is -0.0000000453. The van der Waals surface area contributed by atoms with Crippen molar-refractivity contribution in [1.29, 1.82) is 0 Å². The number of unbranched alkanes of at least 4 members (excludes halogenated alkanes) is 2. The van der Waals surface area contributed by atoms with Crippen LogP contribution in [0.1, 0.15) is 39.5 Å². The van der Waals surface area contributed by atoms with Gasteiger partial charge in [0.1, 0.15) is 0 Å². The molecule has 4 radical (unpaired) electrons. The Morgan fingerprint density at radius 3 is 0.684 bits per heavy atom. The molecule has 0 saturated heterocycles. The smallest absolute Gasteiger partial charge is 0.222 e. The summed E-state index contributed by atoms with van der Waals surface area (Å²) in [6.45, 7) is 11.4. The van der Waals surface area contributed by atoms with Crippen LogP contribution in [0.4, 0.5) is 0 Å². The summed E-state index contributed by atoms with van der Waals surface area (Å²) in [6.07, 6.45) is 4.56. The van der Waals surface area contributed by atoms with E-state index in [-0.39, 0.29) is 23.9 Å². The van der Waals surface area contributed by atoms with Gasteiger partial charge < -0.3 is 0 Å². The quantitative estimate of drug-likeness (QED) is 0.386. The molecule has 0 aliphatic heterocycles. The molecule has 0 fully saturated rings. The van der Waals surface area contributed by atoms with Gasteiger partial charge in [0.05, 0.1) is 0 Å². The van der Waals surface area contributed by atoms with Crippen LogP contribution in [-0.2, 0) is 0 Å². The summed E-state index contributed by atoms with van der Waals surface area (Å²) >= 11 is 0. The number of hydrogen-bond donors (Lipinski definition) is 0. The Kier molecular flexibility index (Phi) is 36.1. The van der Waals surface area contributed by atoms with Crippen molar-refractivity contribution in [3.8, 4) is 0 Å². The van der Waals surface area contributed by atoms with E-state index in [4.69, 9.17) is 37.3 Å². The van der Waals surface area contributed by atoms with Gasteiger partial charge >= 0.3 is 23.9 Å². The van der Waals surface area contributed by atoms with Gasteiger partial charge in [-0.25, -0.2) is 37.3 Å². The van der Waals surface area contributed by atoms with Gasteiger partial charge in [0.2, 0.25) is 0 Å². The summed E-state index contributed by atoms with van der Waals surface area (Å²) in [5.41, 5.74) is 0. The predicted octanol–water partition coefficient (Wildman–Crippen LogP) is -6.65. The molecule has 8 nitrogen and oxygen atoms in total. The molecule has 0 atom stereocenters. The monoisotopic (exact) mass is 432 g/mol. The second-order valence-electron chi connectivity index (χ2n) is 2.46. The van der Waals surface area contributed by atoms with Gasteiger partial charge in [-0.15, -0.1) is 20.5 Å². The van der Waals surface area contributed by atoms with E-state index in [0.29, 0.717) is 0 Å². The van der Waals surface area contributed by atoms with Crippen LogP contribution in [0.15, 0.2) is 0 Å². The first-order valence-electron chi connectivity index (χ1n) is 4.65. The third-order valence-corrected chi connectivity index (χ3v) is 0.707. The van der Waals surface area contributed by atoms with Crippen LogP contribution in [0.5, 0.6) is 0 Å². The molecule has 0 aliphatic rings. The van der Waals surface area contributed by atoms with Crippen molar-refractivity contribution < 1.29 is 57.8 Å². The normalized spacial score (nSPS) is 9.47. The third kappa shape index (κ3) is 593. The van der Waals surface area contributed by atoms with Crippen molar-refractivity contribution in [2.24, 2.45) is 0 Å². The number of rotatable bonds is 2. The Hall–Kier alpha value is 1.06. The Morgan fingerprint density at radius 2 is 0.684 bits per heavy atom. The third-order valence-electron chi connectivity index (χ3n) is 0.707. The maximum absolute atomic E-state index is 8.49. The summed E-state index contributed by atoms with van der Waals surface area (Å²) in [7, 11) is -9.89. The zero-order chi connectivity index (χ0) is 15.8. The molecule has 11 heteroatoms. The molecule has 0 aliphatic carbocycles. The predicted molar refractivity (Wildman–Crippen MR) is 46.3 cm³/mol. The summed E-state index contributed by atoms with van der Waals surface area (Å²) in [5, 5.41) is 0. The summed E-state index contributed by atoms with van der Waals surface area (Å²) < 4.78 is 67.9. The molecule has 0 rings (SSSR count). The van der Waals surface area contributed by atoms with Crippen LogP contribution < -0.4 is 37.3 Å². The van der Waals surface area contributed by atoms with Crippen molar-refractivity contribution in [2.45, 2.75) is 39.5 Å². The minimum Gasteiger partial charge on any atom is -0.222 e. The molecular formula is C8H18Cl2O8Sn. The molecule has 0 saturated carbocycles. The molecule has 0 aromatic rings. The first-order valence-corrected chi connectivity index (χ1v) is 7.12. The van der Waals surface area contributed by atoms with E-state index in [1.165, 1.54) is 12.8 Å². The van der Waals surface area contributed by atoms with Gasteiger partial charge in [-0.2, -0.15) is 0 Å². The van der Waals surface area contributed by atoms with Crippen molar-refractivity contribution in [1.82, 2.24) is 0 Å². The van der Waals surface area contributed by atoms with Gasteiger partial charge in [0.15, 0.2) is 0 Å². The molecule has 0 aromatic heterocycles. The fourth-order valence-electron chi connectivity index (χ4n) is 0. The molecule has 0 spiro atoms. The van der Waals surface area contributed by atoms with Gasteiger partial charge in [0.25, 0.3) is 0 Å². The summed E-state index contributed by atoms with van der Waals surface area (Å²) in [5.74, 6) is 0. The van der Waals surface area contributed by atoms with Crippen molar-refractivity contribution in [2.75, 3.05) is 0 Å². The molecule has 0 aromatic carbocycles. The SMILES string of the molecule is [CH2]CCC.[CH2]CCC.[O-][Cl+3]([O-])([O-])[O-].[O-][Cl+3]([O-])([O-])[O-].[Sn+2]. The van der Waals surface area contributed by atoms with E-state index < -0.39 is 20.5 Å². The molecule has 0 amide bonds. The van der Waals surface area contributed by atoms with Crippen LogP contribution in [0, 0.1) is 34.3 Å². The van der Waals surface area contributed by atoms with Crippen molar-refractivity contribution in [3.63, 3.8) is 0 Å². The standard InChI is InChI=1S/2C4H9.2ClHO4.Sn/c2*1-3-4-2;2*2-1(3,4)5;/h2*1,3-4H2,2H3;2*(H,2,3,4,5);/q;;;;+2/p-2. The van der Waals surface area contributed by atoms with Gasteiger partial charge in [0, 0.05) is 0 Å². The average molecular weight is 432 g/mol. The van der Waals surface area contributed by atoms with E-state index in [1.54, 1.807) is 0 Å². The summed E-state index contributed by atoms with van der Waals surface area (Å²) in [6, 6.07) is 0. The zero-order valence-electron chi connectivity index (χ0n) is 10.8. The first kappa shape index (κ1) is 32.1.